The van der Waals surface area contributed by atoms with E-state index in [1.807, 2.05) is 21.6 Å². The third-order valence-corrected chi connectivity index (χ3v) is 5.02. The lowest BCUT2D eigenvalue weighted by Crippen LogP contribution is -1.97. The Hall–Kier alpha value is 0.620. The van der Waals surface area contributed by atoms with Gasteiger partial charge in [-0.25, -0.2) is 0 Å². The van der Waals surface area contributed by atoms with Gasteiger partial charge in [0, 0.05) is 11.5 Å². The molecular weight excluding hydrogens is 236 g/mol. The van der Waals surface area contributed by atoms with Crippen molar-refractivity contribution in [3.05, 3.63) is 0 Å². The predicted octanol–water partition coefficient (Wildman–Crippen LogP) is 3.41. The van der Waals surface area contributed by atoms with Crippen molar-refractivity contribution in [2.45, 2.75) is 51.4 Å². The fourth-order valence-electron chi connectivity index (χ4n) is 1.44. The molecule has 2 nitrogen and oxygen atoms in total. The molecule has 0 heterocycles. The molecule has 0 saturated carbocycles. The van der Waals surface area contributed by atoms with Crippen molar-refractivity contribution in [1.29, 1.82) is 0 Å². The van der Waals surface area contributed by atoms with Crippen LogP contribution < -0.4 is 11.5 Å². The molecule has 0 aromatic heterocycles. The molecule has 4 heteroatoms. The smallest absolute Gasteiger partial charge is 0.00369 e. The van der Waals surface area contributed by atoms with Gasteiger partial charge in [0.15, 0.2) is 0 Å². The first-order chi connectivity index (χ1) is 7.91. The van der Waals surface area contributed by atoms with E-state index in [2.05, 4.69) is 0 Å². The minimum atomic E-state index is 0.852. The van der Waals surface area contributed by atoms with Gasteiger partial charge in [-0.15, -0.1) is 0 Å². The van der Waals surface area contributed by atoms with Gasteiger partial charge in [0.25, 0.3) is 0 Å². The number of hydrogen-bond acceptors (Lipinski definition) is 4. The number of nitrogens with two attached hydrogens (primary N) is 2. The van der Waals surface area contributed by atoms with E-state index < -0.39 is 0 Å². The third-order valence-electron chi connectivity index (χ3n) is 2.45. The largest absolute Gasteiger partial charge is 0.330 e. The summed E-state index contributed by atoms with van der Waals surface area (Å²) < 4.78 is 0. The molecule has 98 valence electrons. The highest BCUT2D eigenvalue weighted by Crippen LogP contribution is 2.24. The first kappa shape index (κ1) is 16.6. The first-order valence-electron chi connectivity index (χ1n) is 6.56. The molecule has 0 aliphatic carbocycles. The Labute approximate surface area is 109 Å². The van der Waals surface area contributed by atoms with Gasteiger partial charge in [0.1, 0.15) is 0 Å². The van der Waals surface area contributed by atoms with Gasteiger partial charge in [-0.1, -0.05) is 47.3 Å². The maximum absolute atomic E-state index is 5.44. The van der Waals surface area contributed by atoms with E-state index in [9.17, 15) is 0 Å². The molecule has 0 unspecified atom stereocenters. The lowest BCUT2D eigenvalue weighted by atomic mass is 10.2. The SMILES string of the molecule is NCCCCCCSSCCCCCCN. The lowest BCUT2D eigenvalue weighted by Gasteiger charge is -2.01. The van der Waals surface area contributed by atoms with E-state index in [1.165, 1.54) is 62.9 Å². The summed E-state index contributed by atoms with van der Waals surface area (Å²) in [5, 5.41) is 0. The average Bonchev–Trinajstić information content (AvgIpc) is 2.31. The molecule has 0 aromatic carbocycles. The summed E-state index contributed by atoms with van der Waals surface area (Å²) >= 11 is 0. The Morgan fingerprint density at radius 2 is 0.875 bits per heavy atom. The zero-order valence-corrected chi connectivity index (χ0v) is 12.1. The minimum Gasteiger partial charge on any atom is -0.330 e. The quantitative estimate of drug-likeness (QED) is 0.395. The number of rotatable bonds is 13. The first-order valence-corrected chi connectivity index (χ1v) is 9.05. The molecule has 4 N–H and O–H groups in total. The predicted molar refractivity (Wildman–Crippen MR) is 80.0 cm³/mol. The average molecular weight is 265 g/mol. The second kappa shape index (κ2) is 15.6. The lowest BCUT2D eigenvalue weighted by molar-refractivity contribution is 0.678. The summed E-state index contributed by atoms with van der Waals surface area (Å²) in [5.41, 5.74) is 10.9. The van der Waals surface area contributed by atoms with Crippen LogP contribution >= 0.6 is 21.6 Å². The van der Waals surface area contributed by atoms with Crippen LogP contribution in [0.1, 0.15) is 51.4 Å². The van der Waals surface area contributed by atoms with E-state index in [-0.39, 0.29) is 0 Å². The van der Waals surface area contributed by atoms with Gasteiger partial charge >= 0.3 is 0 Å². The fraction of sp³-hybridized carbons (Fsp3) is 1.00. The maximum atomic E-state index is 5.44. The Morgan fingerprint density at radius 1 is 0.500 bits per heavy atom. The Bertz CT molecular complexity index is 110. The summed E-state index contributed by atoms with van der Waals surface area (Å²) in [7, 11) is 4.07. The van der Waals surface area contributed by atoms with Crippen molar-refractivity contribution in [3.63, 3.8) is 0 Å². The van der Waals surface area contributed by atoms with Crippen molar-refractivity contribution in [2.75, 3.05) is 24.6 Å². The summed E-state index contributed by atoms with van der Waals surface area (Å²) in [6.45, 7) is 1.70. The molecule has 0 radical (unpaired) electrons. The zero-order chi connectivity index (χ0) is 11.9. The molecule has 0 aromatic rings. The van der Waals surface area contributed by atoms with Gasteiger partial charge in [0.05, 0.1) is 0 Å². The molecule has 0 fully saturated rings. The van der Waals surface area contributed by atoms with Crippen molar-refractivity contribution < 1.29 is 0 Å². The molecule has 0 atom stereocenters. The molecule has 0 amide bonds. The van der Waals surface area contributed by atoms with Gasteiger partial charge in [-0.3, -0.25) is 0 Å². The summed E-state index contributed by atoms with van der Waals surface area (Å²) in [4.78, 5) is 0. The van der Waals surface area contributed by atoms with E-state index >= 15 is 0 Å². The van der Waals surface area contributed by atoms with Crippen LogP contribution in [-0.4, -0.2) is 24.6 Å². The van der Waals surface area contributed by atoms with Crippen molar-refractivity contribution in [2.24, 2.45) is 11.5 Å². The normalized spacial score (nSPS) is 10.9. The van der Waals surface area contributed by atoms with E-state index in [0.717, 1.165) is 13.1 Å². The van der Waals surface area contributed by atoms with Crippen LogP contribution in [0.15, 0.2) is 0 Å². The molecule has 0 aliphatic heterocycles. The Morgan fingerprint density at radius 3 is 1.25 bits per heavy atom. The van der Waals surface area contributed by atoms with Gasteiger partial charge in [-0.2, -0.15) is 0 Å². The van der Waals surface area contributed by atoms with Crippen LogP contribution in [0.5, 0.6) is 0 Å². The van der Waals surface area contributed by atoms with E-state index in [0.29, 0.717) is 0 Å². The van der Waals surface area contributed by atoms with Crippen LogP contribution in [-0.2, 0) is 0 Å². The molecular formula is C12H28N2S2. The second-order valence-electron chi connectivity index (χ2n) is 4.05. The summed E-state index contributed by atoms with van der Waals surface area (Å²) in [5.74, 6) is 2.61. The van der Waals surface area contributed by atoms with Crippen LogP contribution in [0.4, 0.5) is 0 Å². The number of hydrogen-bond donors (Lipinski definition) is 2. The van der Waals surface area contributed by atoms with Crippen molar-refractivity contribution in [1.82, 2.24) is 0 Å². The maximum Gasteiger partial charge on any atom is 0.00369 e. The fourth-order valence-corrected chi connectivity index (χ4v) is 3.73. The molecule has 0 rings (SSSR count). The van der Waals surface area contributed by atoms with Crippen molar-refractivity contribution in [3.8, 4) is 0 Å². The molecule has 0 spiro atoms. The van der Waals surface area contributed by atoms with Gasteiger partial charge < -0.3 is 11.5 Å². The summed E-state index contributed by atoms with van der Waals surface area (Å²) in [6.07, 6.45) is 10.4. The second-order valence-corrected chi connectivity index (χ2v) is 6.75. The Balaban J connectivity index is 2.83. The zero-order valence-electron chi connectivity index (χ0n) is 10.5. The highest BCUT2D eigenvalue weighted by molar-refractivity contribution is 8.76. The topological polar surface area (TPSA) is 52.0 Å². The van der Waals surface area contributed by atoms with Gasteiger partial charge in [-0.05, 0) is 38.8 Å². The molecule has 16 heavy (non-hydrogen) atoms. The van der Waals surface area contributed by atoms with Crippen LogP contribution in [0.25, 0.3) is 0 Å². The van der Waals surface area contributed by atoms with Crippen LogP contribution in [0.2, 0.25) is 0 Å². The third kappa shape index (κ3) is 14.6. The number of unbranched alkanes of at least 4 members (excludes halogenated alkanes) is 6. The molecule has 0 saturated heterocycles. The van der Waals surface area contributed by atoms with E-state index in [4.69, 9.17) is 11.5 Å². The van der Waals surface area contributed by atoms with Crippen LogP contribution in [0, 0.1) is 0 Å². The monoisotopic (exact) mass is 264 g/mol. The van der Waals surface area contributed by atoms with E-state index in [1.54, 1.807) is 0 Å². The Kier molecular flexibility index (Phi) is 16.2. The minimum absolute atomic E-state index is 0.852. The summed E-state index contributed by atoms with van der Waals surface area (Å²) in [6, 6.07) is 0. The van der Waals surface area contributed by atoms with Gasteiger partial charge in [0.2, 0.25) is 0 Å². The highest BCUT2D eigenvalue weighted by Gasteiger charge is 1.93. The molecule has 0 aliphatic rings. The van der Waals surface area contributed by atoms with Crippen LogP contribution in [0.3, 0.4) is 0 Å². The molecule has 0 bridgehead atoms. The standard InChI is InChI=1S/C12H28N2S2/c13-9-5-1-3-7-11-15-16-12-8-4-2-6-10-14/h1-14H2. The van der Waals surface area contributed by atoms with Crippen molar-refractivity contribution >= 4 is 21.6 Å². The highest BCUT2D eigenvalue weighted by atomic mass is 33.1.